The fourth-order valence-corrected chi connectivity index (χ4v) is 25.9. The van der Waals surface area contributed by atoms with Crippen LogP contribution in [0.3, 0.4) is 0 Å². The molecule has 152 valence electrons. The van der Waals surface area contributed by atoms with Crippen molar-refractivity contribution < 1.29 is 25.3 Å². The number of rotatable bonds is 6. The number of benzene rings is 3. The monoisotopic (exact) mass is 467 g/mol. The third-order valence-corrected chi connectivity index (χ3v) is 29.9. The van der Waals surface area contributed by atoms with E-state index in [0.29, 0.717) is 0 Å². The minimum atomic E-state index is -5.74. The molecule has 0 amide bonds. The standard InChI is InChI=1S/C18H17NO6S3Si/c19-29(26(20,21)16-10-4-1-5-11-16,27(22,23)17-12-6-2-7-13-17)28(24,25)18-14-8-3-9-15-18/h1-15H,19H2. The minimum absolute atomic E-state index is 0.465. The lowest BCUT2D eigenvalue weighted by Crippen LogP contribution is -2.66. The zero-order chi connectivity index (χ0) is 21.3. The Balaban J connectivity index is 2.44. The van der Waals surface area contributed by atoms with Crippen LogP contribution in [0.4, 0.5) is 0 Å². The van der Waals surface area contributed by atoms with E-state index < -0.39 is 48.2 Å². The molecule has 0 atom stereocenters. The van der Waals surface area contributed by atoms with Gasteiger partial charge < -0.3 is 5.40 Å². The molecule has 3 rings (SSSR count). The molecule has 0 aliphatic heterocycles. The van der Waals surface area contributed by atoms with Crippen LogP contribution in [0.15, 0.2) is 106 Å². The van der Waals surface area contributed by atoms with Crippen LogP contribution in [0.5, 0.6) is 0 Å². The van der Waals surface area contributed by atoms with E-state index in [9.17, 15) is 25.3 Å². The maximum atomic E-state index is 13.5. The van der Waals surface area contributed by atoms with Gasteiger partial charge in [-0.1, -0.05) is 54.6 Å². The Morgan fingerprint density at radius 2 is 0.655 bits per heavy atom. The molecule has 3 aromatic carbocycles. The van der Waals surface area contributed by atoms with Crippen molar-refractivity contribution in [1.29, 1.82) is 0 Å². The van der Waals surface area contributed by atoms with Crippen molar-refractivity contribution in [2.45, 2.75) is 14.7 Å². The average molecular weight is 468 g/mol. The first kappa shape index (κ1) is 21.4. The molecule has 0 saturated heterocycles. The zero-order valence-corrected chi connectivity index (χ0v) is 18.4. The molecule has 11 heteroatoms. The normalized spacial score (nSPS) is 13.1. The molecule has 0 aliphatic rings. The van der Waals surface area contributed by atoms with Crippen molar-refractivity contribution >= 4 is 33.5 Å². The molecule has 7 nitrogen and oxygen atoms in total. The molecule has 0 heterocycles. The third-order valence-electron chi connectivity index (χ3n) is 4.28. The van der Waals surface area contributed by atoms with Crippen molar-refractivity contribution in [2.75, 3.05) is 0 Å². The van der Waals surface area contributed by atoms with E-state index in [1.165, 1.54) is 54.6 Å². The highest BCUT2D eigenvalue weighted by Gasteiger charge is 2.69. The molecular weight excluding hydrogens is 450 g/mol. The van der Waals surface area contributed by atoms with Gasteiger partial charge in [0.25, 0.3) is 0 Å². The van der Waals surface area contributed by atoms with Gasteiger partial charge in [0, 0.05) is 0 Å². The Morgan fingerprint density at radius 3 is 0.862 bits per heavy atom. The van der Waals surface area contributed by atoms with Crippen LogP contribution in [0, 0.1) is 0 Å². The van der Waals surface area contributed by atoms with Crippen LogP contribution < -0.4 is 5.40 Å². The fourth-order valence-electron chi connectivity index (χ4n) is 2.73. The fraction of sp³-hybridized carbons (Fsp3) is 0. The van der Waals surface area contributed by atoms with Crippen LogP contribution in [-0.2, 0) is 27.9 Å². The zero-order valence-electron chi connectivity index (χ0n) is 14.9. The van der Waals surface area contributed by atoms with Crippen molar-refractivity contribution in [3.63, 3.8) is 0 Å². The van der Waals surface area contributed by atoms with Crippen molar-refractivity contribution in [3.8, 4) is 0 Å². The topological polar surface area (TPSA) is 128 Å². The molecule has 0 spiro atoms. The summed E-state index contributed by atoms with van der Waals surface area (Å²) in [5, 5.41) is 6.10. The quantitative estimate of drug-likeness (QED) is 0.547. The van der Waals surface area contributed by atoms with E-state index in [1.807, 2.05) is 0 Å². The summed E-state index contributed by atoms with van der Waals surface area (Å²) < 4.78 is 80.8. The molecular formula is C18H17NO6S3Si. The van der Waals surface area contributed by atoms with Crippen LogP contribution in [0.25, 0.3) is 0 Å². The van der Waals surface area contributed by atoms with Gasteiger partial charge in [0.1, 0.15) is 0 Å². The van der Waals surface area contributed by atoms with Crippen LogP contribution in [-0.4, -0.2) is 30.9 Å². The van der Waals surface area contributed by atoms with E-state index in [1.54, 1.807) is 0 Å². The largest absolute Gasteiger partial charge is 0.535 e. The van der Waals surface area contributed by atoms with Gasteiger partial charge in [-0.05, 0) is 36.4 Å². The molecule has 0 unspecified atom stereocenters. The van der Waals surface area contributed by atoms with Crippen LogP contribution in [0.1, 0.15) is 0 Å². The first-order valence-corrected chi connectivity index (χ1v) is 16.9. The summed E-state index contributed by atoms with van der Waals surface area (Å²) in [6.07, 6.45) is 0. The molecule has 29 heavy (non-hydrogen) atoms. The van der Waals surface area contributed by atoms with Crippen molar-refractivity contribution in [3.05, 3.63) is 91.0 Å². The second kappa shape index (κ2) is 7.50. The highest BCUT2D eigenvalue weighted by atomic mass is 32.8. The number of nitrogens with two attached hydrogens (primary N) is 1. The summed E-state index contributed by atoms with van der Waals surface area (Å²) in [5.74, 6) is 0. The SMILES string of the molecule is N[Si](S(=O)(=O)c1ccccc1)(S(=O)(=O)c1ccccc1)S(=O)(=O)c1ccccc1. The second-order valence-electron chi connectivity index (χ2n) is 6.05. The summed E-state index contributed by atoms with van der Waals surface area (Å²) in [7, 11) is -14.9. The Morgan fingerprint density at radius 1 is 0.448 bits per heavy atom. The number of hydrogen-bond acceptors (Lipinski definition) is 7. The molecule has 0 bridgehead atoms. The molecule has 3 aromatic rings. The van der Waals surface area contributed by atoms with Gasteiger partial charge in [0.2, 0.25) is 0 Å². The van der Waals surface area contributed by atoms with E-state index in [4.69, 9.17) is 5.40 Å². The van der Waals surface area contributed by atoms with Crippen LogP contribution in [0.2, 0.25) is 0 Å². The highest BCUT2D eigenvalue weighted by molar-refractivity contribution is 8.73. The van der Waals surface area contributed by atoms with E-state index >= 15 is 0 Å². The van der Waals surface area contributed by atoms with E-state index in [2.05, 4.69) is 0 Å². The molecule has 0 saturated carbocycles. The number of hydrogen-bond donors (Lipinski definition) is 1. The predicted octanol–water partition coefficient (Wildman–Crippen LogP) is 1.80. The average Bonchev–Trinajstić information content (AvgIpc) is 2.74. The first-order chi connectivity index (χ1) is 13.6. The summed E-state index contributed by atoms with van der Waals surface area (Å²) in [6.45, 7) is 0. The Kier molecular flexibility index (Phi) is 5.53. The smallest absolute Gasteiger partial charge is 0.315 e. The lowest BCUT2D eigenvalue weighted by Gasteiger charge is -2.25. The summed E-state index contributed by atoms with van der Waals surface area (Å²) in [5.41, 5.74) is -5.74. The molecule has 0 aromatic heterocycles. The van der Waals surface area contributed by atoms with Gasteiger partial charge in [0.15, 0.2) is 27.9 Å². The summed E-state index contributed by atoms with van der Waals surface area (Å²) in [6, 6.07) is 19.6. The molecule has 0 radical (unpaired) electrons. The first-order valence-electron chi connectivity index (χ1n) is 8.25. The van der Waals surface area contributed by atoms with Gasteiger partial charge in [-0.25, -0.2) is 25.3 Å². The van der Waals surface area contributed by atoms with Gasteiger partial charge in [0.05, 0.1) is 14.7 Å². The lowest BCUT2D eigenvalue weighted by molar-refractivity contribution is 0.599. The minimum Gasteiger partial charge on any atom is -0.315 e. The van der Waals surface area contributed by atoms with Crippen LogP contribution >= 0.6 is 0 Å². The van der Waals surface area contributed by atoms with E-state index in [-0.39, 0.29) is 0 Å². The molecule has 0 fully saturated rings. The third kappa shape index (κ3) is 3.24. The predicted molar refractivity (Wildman–Crippen MR) is 111 cm³/mol. The highest BCUT2D eigenvalue weighted by Crippen LogP contribution is 2.35. The van der Waals surface area contributed by atoms with Gasteiger partial charge in [-0.2, -0.15) is 0 Å². The Bertz CT molecular complexity index is 1160. The van der Waals surface area contributed by atoms with Crippen molar-refractivity contribution in [2.24, 2.45) is 5.40 Å². The maximum absolute atomic E-state index is 13.5. The summed E-state index contributed by atoms with van der Waals surface area (Å²) >= 11 is 0. The lowest BCUT2D eigenvalue weighted by atomic mass is 10.4. The Labute approximate surface area is 169 Å². The van der Waals surface area contributed by atoms with E-state index in [0.717, 1.165) is 36.4 Å². The van der Waals surface area contributed by atoms with Gasteiger partial charge >= 0.3 is 5.68 Å². The summed E-state index contributed by atoms with van der Waals surface area (Å²) in [4.78, 5) is -1.39. The Hall–Kier alpha value is -2.31. The second-order valence-corrected chi connectivity index (χ2v) is 24.7. The van der Waals surface area contributed by atoms with Gasteiger partial charge in [-0.15, -0.1) is 0 Å². The molecule has 2 N–H and O–H groups in total. The maximum Gasteiger partial charge on any atom is 0.535 e. The molecule has 0 aliphatic carbocycles. The van der Waals surface area contributed by atoms with Crippen molar-refractivity contribution in [1.82, 2.24) is 0 Å². The van der Waals surface area contributed by atoms with Gasteiger partial charge in [-0.3, -0.25) is 0 Å².